The van der Waals surface area contributed by atoms with Crippen molar-refractivity contribution < 1.29 is 27.2 Å². The fourth-order valence-corrected chi connectivity index (χ4v) is 5.87. The van der Waals surface area contributed by atoms with E-state index < -0.39 is 33.9 Å². The second-order valence-electron chi connectivity index (χ2n) is 9.53. The van der Waals surface area contributed by atoms with Crippen molar-refractivity contribution in [3.63, 3.8) is 0 Å². The largest absolute Gasteiger partial charge is 0.451 e. The number of Topliss-reactive ketones (excluding diaryl/α,β-unsaturated/α-hetero) is 1. The molecule has 1 fully saturated rings. The van der Waals surface area contributed by atoms with Crippen LogP contribution in [0.25, 0.3) is 11.0 Å². The Balaban J connectivity index is 1.72. The van der Waals surface area contributed by atoms with Crippen LogP contribution >= 0.6 is 0 Å². The smallest absolute Gasteiger partial charge is 0.287 e. The molecule has 10 heteroatoms. The summed E-state index contributed by atoms with van der Waals surface area (Å²) in [7, 11) is -3.50. The number of aryl methyl sites for hydroxylation is 1. The number of ketones is 1. The van der Waals surface area contributed by atoms with E-state index in [2.05, 4.69) is 10.6 Å². The number of rotatable bonds is 9. The van der Waals surface area contributed by atoms with E-state index in [4.69, 9.17) is 4.42 Å². The summed E-state index contributed by atoms with van der Waals surface area (Å²) in [6, 6.07) is 5.65. The lowest BCUT2D eigenvalue weighted by Crippen LogP contribution is -2.52. The summed E-state index contributed by atoms with van der Waals surface area (Å²) in [6.07, 6.45) is 1.63. The highest BCUT2D eigenvalue weighted by Crippen LogP contribution is 2.25. The minimum Gasteiger partial charge on any atom is -0.451 e. The SMILES string of the molecule is CCCS(=O)(=O)N1CCC[C@H](NC(=O)C(CC(C)C)NC(=O)c2oc3ccccc3c2C)C(=O)C1. The van der Waals surface area contributed by atoms with E-state index in [9.17, 15) is 22.8 Å². The van der Waals surface area contributed by atoms with Gasteiger partial charge in [0.25, 0.3) is 5.91 Å². The highest BCUT2D eigenvalue weighted by atomic mass is 32.2. The standard InChI is InChI=1S/C25H35N3O6S/c1-5-13-35(32,33)28-12-8-10-19(21(29)15-28)26-24(30)20(14-16(2)3)27-25(31)23-17(4)18-9-6-7-11-22(18)34-23/h6-7,9,11,16,19-20H,5,8,10,12-15H2,1-4H3,(H,26,30)(H,27,31)/t19-,20?/m0/s1. The molecule has 2 amide bonds. The third-order valence-corrected chi connectivity index (χ3v) is 8.19. The van der Waals surface area contributed by atoms with Gasteiger partial charge in [0.2, 0.25) is 15.9 Å². The number of amides is 2. The van der Waals surface area contributed by atoms with Gasteiger partial charge in [0.05, 0.1) is 18.3 Å². The fraction of sp³-hybridized carbons (Fsp3) is 0.560. The van der Waals surface area contributed by atoms with Gasteiger partial charge in [-0.1, -0.05) is 39.0 Å². The number of sulfonamides is 1. The van der Waals surface area contributed by atoms with Crippen LogP contribution in [-0.4, -0.2) is 61.2 Å². The highest BCUT2D eigenvalue weighted by Gasteiger charge is 2.33. The van der Waals surface area contributed by atoms with Crippen molar-refractivity contribution in [3.05, 3.63) is 35.6 Å². The number of nitrogens with zero attached hydrogens (tertiary/aromatic N) is 1. The monoisotopic (exact) mass is 505 g/mol. The lowest BCUT2D eigenvalue weighted by Gasteiger charge is -2.23. The van der Waals surface area contributed by atoms with Gasteiger partial charge in [-0.3, -0.25) is 14.4 Å². The Bertz CT molecular complexity index is 1190. The molecule has 35 heavy (non-hydrogen) atoms. The van der Waals surface area contributed by atoms with Gasteiger partial charge in [0.1, 0.15) is 11.6 Å². The zero-order valence-corrected chi connectivity index (χ0v) is 21.6. The van der Waals surface area contributed by atoms with Gasteiger partial charge in [0.15, 0.2) is 11.5 Å². The first kappa shape index (κ1) is 26.9. The van der Waals surface area contributed by atoms with E-state index in [0.29, 0.717) is 36.8 Å². The predicted molar refractivity (Wildman–Crippen MR) is 133 cm³/mol. The number of carbonyl (C=O) groups is 3. The molecule has 2 atom stereocenters. The molecule has 9 nitrogen and oxygen atoms in total. The van der Waals surface area contributed by atoms with Crippen LogP contribution in [0, 0.1) is 12.8 Å². The molecule has 0 saturated carbocycles. The molecule has 1 aromatic heterocycles. The van der Waals surface area contributed by atoms with Crippen LogP contribution in [-0.2, 0) is 19.6 Å². The first-order valence-corrected chi connectivity index (χ1v) is 13.7. The number of hydrogen-bond acceptors (Lipinski definition) is 6. The van der Waals surface area contributed by atoms with Crippen LogP contribution < -0.4 is 10.6 Å². The number of nitrogens with one attached hydrogen (secondary N) is 2. The summed E-state index contributed by atoms with van der Waals surface area (Å²) in [6.45, 7) is 7.43. The van der Waals surface area contributed by atoms with E-state index in [1.807, 2.05) is 32.0 Å². The molecule has 1 unspecified atom stereocenters. The van der Waals surface area contributed by atoms with Crippen LogP contribution in [0.2, 0.25) is 0 Å². The van der Waals surface area contributed by atoms with Crippen molar-refractivity contribution in [1.82, 2.24) is 14.9 Å². The lowest BCUT2D eigenvalue weighted by atomic mass is 10.0. The van der Waals surface area contributed by atoms with Gasteiger partial charge >= 0.3 is 0 Å². The molecule has 2 heterocycles. The second-order valence-corrected chi connectivity index (χ2v) is 11.6. The van der Waals surface area contributed by atoms with Crippen molar-refractivity contribution in [1.29, 1.82) is 0 Å². The van der Waals surface area contributed by atoms with Gasteiger partial charge in [-0.25, -0.2) is 8.42 Å². The van der Waals surface area contributed by atoms with Crippen molar-refractivity contribution in [2.24, 2.45) is 5.92 Å². The third-order valence-electron chi connectivity index (χ3n) is 6.17. The lowest BCUT2D eigenvalue weighted by molar-refractivity contribution is -0.129. The molecule has 1 saturated heterocycles. The quantitative estimate of drug-likeness (QED) is 0.540. The van der Waals surface area contributed by atoms with Gasteiger partial charge in [-0.05, 0) is 44.6 Å². The highest BCUT2D eigenvalue weighted by molar-refractivity contribution is 7.89. The average Bonchev–Trinajstić information content (AvgIpc) is 3.01. The summed E-state index contributed by atoms with van der Waals surface area (Å²) in [5.74, 6) is -1.08. The number of para-hydroxylation sites is 1. The number of fused-ring (bicyclic) bond motifs is 1. The topological polar surface area (TPSA) is 126 Å². The molecule has 2 N–H and O–H groups in total. The second kappa shape index (κ2) is 11.3. The molecule has 2 aromatic rings. The third kappa shape index (κ3) is 6.49. The Morgan fingerprint density at radius 3 is 2.60 bits per heavy atom. The molecule has 3 rings (SSSR count). The zero-order chi connectivity index (χ0) is 25.8. The minimum absolute atomic E-state index is 0.0129. The van der Waals surface area contributed by atoms with Gasteiger partial charge in [-0.2, -0.15) is 4.31 Å². The van der Waals surface area contributed by atoms with E-state index in [0.717, 1.165) is 5.39 Å². The fourth-order valence-electron chi connectivity index (χ4n) is 4.36. The van der Waals surface area contributed by atoms with E-state index in [1.165, 1.54) is 4.31 Å². The molecular weight excluding hydrogens is 470 g/mol. The Kier molecular flexibility index (Phi) is 8.71. The average molecular weight is 506 g/mol. The van der Waals surface area contributed by atoms with Crippen LogP contribution in [0.5, 0.6) is 0 Å². The number of carbonyl (C=O) groups excluding carboxylic acids is 3. The molecule has 1 aliphatic heterocycles. The van der Waals surface area contributed by atoms with Gasteiger partial charge in [0, 0.05) is 17.5 Å². The molecule has 1 aliphatic rings. The van der Waals surface area contributed by atoms with Crippen molar-refractivity contribution in [2.45, 2.75) is 65.5 Å². The first-order valence-electron chi connectivity index (χ1n) is 12.1. The maximum Gasteiger partial charge on any atom is 0.287 e. The number of furan rings is 1. The molecular formula is C25H35N3O6S. The minimum atomic E-state index is -3.50. The molecule has 0 radical (unpaired) electrons. The molecule has 0 aliphatic carbocycles. The van der Waals surface area contributed by atoms with Crippen LogP contribution in [0.4, 0.5) is 0 Å². The van der Waals surface area contributed by atoms with Crippen molar-refractivity contribution in [3.8, 4) is 0 Å². The van der Waals surface area contributed by atoms with Crippen LogP contribution in [0.15, 0.2) is 28.7 Å². The molecule has 0 bridgehead atoms. The van der Waals surface area contributed by atoms with E-state index in [1.54, 1.807) is 19.9 Å². The molecule has 0 spiro atoms. The van der Waals surface area contributed by atoms with Crippen molar-refractivity contribution >= 4 is 38.6 Å². The summed E-state index contributed by atoms with van der Waals surface area (Å²) in [4.78, 5) is 39.0. The summed E-state index contributed by atoms with van der Waals surface area (Å²) in [5, 5.41) is 6.36. The summed E-state index contributed by atoms with van der Waals surface area (Å²) < 4.78 is 31.8. The number of benzene rings is 1. The summed E-state index contributed by atoms with van der Waals surface area (Å²) >= 11 is 0. The van der Waals surface area contributed by atoms with Crippen LogP contribution in [0.3, 0.4) is 0 Å². The maximum absolute atomic E-state index is 13.2. The maximum atomic E-state index is 13.2. The van der Waals surface area contributed by atoms with Gasteiger partial charge < -0.3 is 15.1 Å². The molecule has 192 valence electrons. The molecule has 1 aromatic carbocycles. The Morgan fingerprint density at radius 1 is 1.23 bits per heavy atom. The Labute approximate surface area is 206 Å². The Morgan fingerprint density at radius 2 is 1.94 bits per heavy atom. The van der Waals surface area contributed by atoms with Crippen LogP contribution in [0.1, 0.15) is 62.6 Å². The summed E-state index contributed by atoms with van der Waals surface area (Å²) in [5.41, 5.74) is 1.28. The first-order chi connectivity index (χ1) is 16.5. The normalized spacial score (nSPS) is 18.4. The van der Waals surface area contributed by atoms with Gasteiger partial charge in [-0.15, -0.1) is 0 Å². The predicted octanol–water partition coefficient (Wildman–Crippen LogP) is 2.78. The Hall–Kier alpha value is -2.72. The zero-order valence-electron chi connectivity index (χ0n) is 20.8. The van der Waals surface area contributed by atoms with E-state index in [-0.39, 0.29) is 36.3 Å². The number of hydrogen-bond donors (Lipinski definition) is 2. The van der Waals surface area contributed by atoms with E-state index >= 15 is 0 Å². The van der Waals surface area contributed by atoms with Crippen molar-refractivity contribution in [2.75, 3.05) is 18.8 Å².